The third-order valence-electron chi connectivity index (χ3n) is 2.79. The molecular weight excluding hydrogens is 238 g/mol. The predicted molar refractivity (Wildman–Crippen MR) is 75.1 cm³/mol. The van der Waals surface area contributed by atoms with Gasteiger partial charge in [0, 0.05) is 18.8 Å². The second-order valence-electron chi connectivity index (χ2n) is 4.81. The minimum Gasteiger partial charge on any atom is -0.491 e. The number of rotatable bonds is 5. The van der Waals surface area contributed by atoms with Crippen LogP contribution < -0.4 is 4.74 Å². The Bertz CT molecular complexity index is 511. The molecule has 1 heterocycles. The number of aliphatic hydroxyl groups excluding tert-OH is 1. The third kappa shape index (κ3) is 4.07. The fraction of sp³-hybridized carbons (Fsp3) is 0.312. The predicted octanol–water partition coefficient (Wildman–Crippen LogP) is 3.14. The summed E-state index contributed by atoms with van der Waals surface area (Å²) in [6, 6.07) is 11.5. The summed E-state index contributed by atoms with van der Waals surface area (Å²) in [6.07, 6.45) is 3.65. The Morgan fingerprint density at radius 1 is 1.16 bits per heavy atom. The van der Waals surface area contributed by atoms with Gasteiger partial charge in [-0.05, 0) is 49.2 Å². The average Bonchev–Trinajstić information content (AvgIpc) is 2.39. The van der Waals surface area contributed by atoms with Crippen molar-refractivity contribution < 1.29 is 9.84 Å². The summed E-state index contributed by atoms with van der Waals surface area (Å²) in [5.74, 6) is 0.793. The van der Waals surface area contributed by atoms with E-state index in [9.17, 15) is 5.11 Å². The molecule has 0 fully saturated rings. The van der Waals surface area contributed by atoms with Gasteiger partial charge in [0.2, 0.25) is 0 Å². The summed E-state index contributed by atoms with van der Waals surface area (Å²) in [5, 5.41) is 10.3. The zero-order valence-corrected chi connectivity index (χ0v) is 11.3. The normalized spacial score (nSPS) is 12.4. The Balaban J connectivity index is 2.08. The van der Waals surface area contributed by atoms with Crippen molar-refractivity contribution in [1.29, 1.82) is 0 Å². The number of nitrogens with zero attached hydrogens (tertiary/aromatic N) is 1. The molecule has 0 saturated carbocycles. The summed E-state index contributed by atoms with van der Waals surface area (Å²) >= 11 is 0. The summed E-state index contributed by atoms with van der Waals surface area (Å²) in [7, 11) is 0. The minimum atomic E-state index is -0.530. The molecule has 1 atom stereocenters. The van der Waals surface area contributed by atoms with E-state index in [-0.39, 0.29) is 6.10 Å². The Kier molecular flexibility index (Phi) is 4.53. The van der Waals surface area contributed by atoms with Crippen LogP contribution in [0.3, 0.4) is 0 Å². The quantitative estimate of drug-likeness (QED) is 0.894. The number of hydrogen-bond acceptors (Lipinski definition) is 3. The molecule has 2 rings (SSSR count). The Labute approximate surface area is 113 Å². The average molecular weight is 257 g/mol. The maximum atomic E-state index is 10.3. The lowest BCUT2D eigenvalue weighted by Crippen LogP contribution is -2.07. The van der Waals surface area contributed by atoms with Gasteiger partial charge in [0.05, 0.1) is 12.2 Å². The molecule has 3 nitrogen and oxygen atoms in total. The van der Waals surface area contributed by atoms with Crippen molar-refractivity contribution in [2.24, 2.45) is 0 Å². The first-order valence-electron chi connectivity index (χ1n) is 6.48. The zero-order chi connectivity index (χ0) is 13.7. The highest BCUT2D eigenvalue weighted by atomic mass is 16.5. The highest BCUT2D eigenvalue weighted by Crippen LogP contribution is 2.22. The summed E-state index contributed by atoms with van der Waals surface area (Å²) in [6.45, 7) is 3.97. The van der Waals surface area contributed by atoms with Crippen LogP contribution in [-0.4, -0.2) is 16.2 Å². The van der Waals surface area contributed by atoms with Crippen LogP contribution in [0.1, 0.15) is 31.1 Å². The molecule has 0 radical (unpaired) electrons. The summed E-state index contributed by atoms with van der Waals surface area (Å²) in [5.41, 5.74) is 1.94. The van der Waals surface area contributed by atoms with E-state index >= 15 is 0 Å². The highest BCUT2D eigenvalue weighted by Gasteiger charge is 2.10. The van der Waals surface area contributed by atoms with Crippen LogP contribution in [0.2, 0.25) is 0 Å². The first kappa shape index (κ1) is 13.6. The molecule has 1 unspecified atom stereocenters. The first-order chi connectivity index (χ1) is 9.15. The monoisotopic (exact) mass is 257 g/mol. The van der Waals surface area contributed by atoms with Crippen molar-refractivity contribution in [2.75, 3.05) is 0 Å². The lowest BCUT2D eigenvalue weighted by Gasteiger charge is -2.14. The maximum Gasteiger partial charge on any atom is 0.120 e. The van der Waals surface area contributed by atoms with Gasteiger partial charge < -0.3 is 9.84 Å². The van der Waals surface area contributed by atoms with Gasteiger partial charge in [-0.1, -0.05) is 12.1 Å². The molecule has 0 saturated heterocycles. The van der Waals surface area contributed by atoms with Gasteiger partial charge in [0.1, 0.15) is 5.75 Å². The van der Waals surface area contributed by atoms with Crippen molar-refractivity contribution in [3.8, 4) is 5.75 Å². The Morgan fingerprint density at radius 2 is 1.89 bits per heavy atom. The Hall–Kier alpha value is -1.87. The van der Waals surface area contributed by atoms with E-state index in [0.717, 1.165) is 16.9 Å². The second kappa shape index (κ2) is 6.34. The molecular formula is C16H19NO2. The fourth-order valence-corrected chi connectivity index (χ4v) is 1.93. The van der Waals surface area contributed by atoms with Crippen molar-refractivity contribution in [1.82, 2.24) is 4.98 Å². The number of aliphatic hydroxyl groups is 1. The topological polar surface area (TPSA) is 42.4 Å². The molecule has 100 valence electrons. The zero-order valence-electron chi connectivity index (χ0n) is 11.3. The van der Waals surface area contributed by atoms with Crippen LogP contribution in [0.25, 0.3) is 0 Å². The van der Waals surface area contributed by atoms with Crippen LogP contribution in [0, 0.1) is 0 Å². The summed E-state index contributed by atoms with van der Waals surface area (Å²) < 4.78 is 5.63. The van der Waals surface area contributed by atoms with E-state index in [1.807, 2.05) is 50.2 Å². The maximum absolute atomic E-state index is 10.3. The number of aromatic nitrogens is 1. The second-order valence-corrected chi connectivity index (χ2v) is 4.81. The van der Waals surface area contributed by atoms with E-state index in [4.69, 9.17) is 4.74 Å². The molecule has 1 aromatic carbocycles. The van der Waals surface area contributed by atoms with Crippen LogP contribution in [0.4, 0.5) is 0 Å². The molecule has 0 aliphatic rings. The van der Waals surface area contributed by atoms with Crippen LogP contribution in [-0.2, 0) is 6.42 Å². The SMILES string of the molecule is CC(C)Oc1cccc(C(O)Cc2ccncc2)c1. The largest absolute Gasteiger partial charge is 0.491 e. The van der Waals surface area contributed by atoms with Crippen molar-refractivity contribution in [2.45, 2.75) is 32.5 Å². The van der Waals surface area contributed by atoms with Crippen LogP contribution >= 0.6 is 0 Å². The smallest absolute Gasteiger partial charge is 0.120 e. The van der Waals surface area contributed by atoms with E-state index < -0.39 is 6.10 Å². The molecule has 0 amide bonds. The first-order valence-corrected chi connectivity index (χ1v) is 6.48. The highest BCUT2D eigenvalue weighted by molar-refractivity contribution is 5.31. The van der Waals surface area contributed by atoms with Gasteiger partial charge in [-0.15, -0.1) is 0 Å². The van der Waals surface area contributed by atoms with E-state index in [2.05, 4.69) is 4.98 Å². The molecule has 0 aliphatic carbocycles. The minimum absolute atomic E-state index is 0.132. The number of pyridine rings is 1. The van der Waals surface area contributed by atoms with Gasteiger partial charge in [0.15, 0.2) is 0 Å². The van der Waals surface area contributed by atoms with Gasteiger partial charge in [0.25, 0.3) is 0 Å². The lowest BCUT2D eigenvalue weighted by molar-refractivity contribution is 0.177. The third-order valence-corrected chi connectivity index (χ3v) is 2.79. The lowest BCUT2D eigenvalue weighted by atomic mass is 10.0. The molecule has 1 N–H and O–H groups in total. The number of benzene rings is 1. The van der Waals surface area contributed by atoms with Crippen molar-refractivity contribution in [3.63, 3.8) is 0 Å². The molecule has 3 heteroatoms. The Morgan fingerprint density at radius 3 is 2.58 bits per heavy atom. The van der Waals surface area contributed by atoms with Crippen molar-refractivity contribution in [3.05, 3.63) is 59.9 Å². The van der Waals surface area contributed by atoms with Crippen LogP contribution in [0.5, 0.6) is 5.75 Å². The van der Waals surface area contributed by atoms with E-state index in [0.29, 0.717) is 6.42 Å². The summed E-state index contributed by atoms with van der Waals surface area (Å²) in [4.78, 5) is 3.97. The van der Waals surface area contributed by atoms with Gasteiger partial charge in [-0.2, -0.15) is 0 Å². The molecule has 2 aromatic rings. The van der Waals surface area contributed by atoms with Gasteiger partial charge >= 0.3 is 0 Å². The van der Waals surface area contributed by atoms with E-state index in [1.54, 1.807) is 12.4 Å². The molecule has 0 bridgehead atoms. The molecule has 0 aliphatic heterocycles. The molecule has 1 aromatic heterocycles. The number of hydrogen-bond donors (Lipinski definition) is 1. The van der Waals surface area contributed by atoms with Crippen molar-refractivity contribution >= 4 is 0 Å². The van der Waals surface area contributed by atoms with Gasteiger partial charge in [-0.3, -0.25) is 4.98 Å². The molecule has 19 heavy (non-hydrogen) atoms. The standard InChI is InChI=1S/C16H19NO2/c1-12(2)19-15-5-3-4-14(11-15)16(18)10-13-6-8-17-9-7-13/h3-9,11-12,16,18H,10H2,1-2H3. The van der Waals surface area contributed by atoms with Gasteiger partial charge in [-0.25, -0.2) is 0 Å². The van der Waals surface area contributed by atoms with Crippen LogP contribution in [0.15, 0.2) is 48.8 Å². The number of ether oxygens (including phenoxy) is 1. The molecule has 0 spiro atoms. The fourth-order valence-electron chi connectivity index (χ4n) is 1.93. The van der Waals surface area contributed by atoms with E-state index in [1.165, 1.54) is 0 Å².